The molecule has 2 unspecified atom stereocenters. The first-order valence-electron chi connectivity index (χ1n) is 7.61. The second kappa shape index (κ2) is 6.23. The predicted octanol–water partition coefficient (Wildman–Crippen LogP) is 3.41. The first-order valence-corrected chi connectivity index (χ1v) is 7.61. The van der Waals surface area contributed by atoms with E-state index in [0.717, 1.165) is 36.8 Å². The molecule has 20 heavy (non-hydrogen) atoms. The van der Waals surface area contributed by atoms with Crippen molar-refractivity contribution in [1.29, 1.82) is 0 Å². The lowest BCUT2D eigenvalue weighted by Gasteiger charge is -2.48. The minimum absolute atomic E-state index is 0.0888. The van der Waals surface area contributed by atoms with Crippen LogP contribution in [-0.2, 0) is 6.54 Å². The Labute approximate surface area is 122 Å². The molecule has 1 aliphatic carbocycles. The topological polar surface area (TPSA) is 29.3 Å². The number of halogens is 1. The first kappa shape index (κ1) is 15.5. The van der Waals surface area contributed by atoms with E-state index in [1.54, 1.807) is 0 Å². The molecule has 1 aliphatic rings. The van der Waals surface area contributed by atoms with E-state index in [2.05, 4.69) is 25.8 Å². The van der Waals surface area contributed by atoms with Gasteiger partial charge in [0.05, 0.1) is 0 Å². The van der Waals surface area contributed by atoms with Gasteiger partial charge in [0, 0.05) is 18.6 Å². The average molecular weight is 278 g/mol. The fraction of sp³-hybridized carbons (Fsp3) is 0.647. The number of hydrogen-bond acceptors (Lipinski definition) is 2. The van der Waals surface area contributed by atoms with Gasteiger partial charge in [-0.15, -0.1) is 0 Å². The Balaban J connectivity index is 2.11. The van der Waals surface area contributed by atoms with Gasteiger partial charge in [-0.3, -0.25) is 4.90 Å². The van der Waals surface area contributed by atoms with E-state index in [-0.39, 0.29) is 11.4 Å². The molecule has 0 radical (unpaired) electrons. The highest BCUT2D eigenvalue weighted by atomic mass is 19.1. The molecule has 0 spiro atoms. The molecule has 112 valence electrons. The molecule has 1 aromatic rings. The predicted molar refractivity (Wildman–Crippen MR) is 81.8 cm³/mol. The molecule has 1 fully saturated rings. The van der Waals surface area contributed by atoms with Crippen LogP contribution in [-0.4, -0.2) is 24.0 Å². The smallest absolute Gasteiger partial charge is 0.123 e. The maximum atomic E-state index is 13.0. The summed E-state index contributed by atoms with van der Waals surface area (Å²) in [6, 6.07) is 6.80. The largest absolute Gasteiger partial charge is 0.329 e. The van der Waals surface area contributed by atoms with Crippen molar-refractivity contribution in [3.05, 3.63) is 35.6 Å². The van der Waals surface area contributed by atoms with Gasteiger partial charge >= 0.3 is 0 Å². The van der Waals surface area contributed by atoms with E-state index in [1.165, 1.54) is 18.6 Å². The molecule has 0 aromatic heterocycles. The van der Waals surface area contributed by atoms with Crippen molar-refractivity contribution in [2.24, 2.45) is 17.6 Å². The van der Waals surface area contributed by atoms with Crippen molar-refractivity contribution in [3.63, 3.8) is 0 Å². The summed E-state index contributed by atoms with van der Waals surface area (Å²) in [5.41, 5.74) is 7.37. The lowest BCUT2D eigenvalue weighted by molar-refractivity contribution is 0.0333. The molecule has 3 heteroatoms. The Morgan fingerprint density at radius 2 is 1.75 bits per heavy atom. The molecule has 2 N–H and O–H groups in total. The Morgan fingerprint density at radius 3 is 2.25 bits per heavy atom. The van der Waals surface area contributed by atoms with Crippen LogP contribution in [0, 0.1) is 17.7 Å². The maximum absolute atomic E-state index is 13.0. The van der Waals surface area contributed by atoms with Crippen molar-refractivity contribution >= 4 is 0 Å². The van der Waals surface area contributed by atoms with Crippen molar-refractivity contribution in [3.8, 4) is 0 Å². The number of likely N-dealkylation sites (N-methyl/N-ethyl adjacent to an activating group) is 1. The highest BCUT2D eigenvalue weighted by molar-refractivity contribution is 5.16. The van der Waals surface area contributed by atoms with Crippen LogP contribution in [0.1, 0.15) is 38.7 Å². The summed E-state index contributed by atoms with van der Waals surface area (Å²) in [5.74, 6) is 1.26. The third kappa shape index (κ3) is 3.39. The van der Waals surface area contributed by atoms with Gasteiger partial charge < -0.3 is 5.73 Å². The van der Waals surface area contributed by atoms with E-state index >= 15 is 0 Å². The molecular formula is C17H27FN2. The van der Waals surface area contributed by atoms with Gasteiger partial charge in [-0.25, -0.2) is 4.39 Å². The second-order valence-corrected chi connectivity index (χ2v) is 6.77. The highest BCUT2D eigenvalue weighted by Crippen LogP contribution is 2.39. The first-order chi connectivity index (χ1) is 9.45. The average Bonchev–Trinajstić information content (AvgIpc) is 2.40. The van der Waals surface area contributed by atoms with Gasteiger partial charge in [-0.05, 0) is 55.8 Å². The van der Waals surface area contributed by atoms with Crippen LogP contribution < -0.4 is 5.73 Å². The summed E-state index contributed by atoms with van der Waals surface area (Å²) in [4.78, 5) is 2.38. The summed E-state index contributed by atoms with van der Waals surface area (Å²) >= 11 is 0. The molecule has 0 heterocycles. The van der Waals surface area contributed by atoms with Crippen LogP contribution >= 0.6 is 0 Å². The highest BCUT2D eigenvalue weighted by Gasteiger charge is 2.39. The van der Waals surface area contributed by atoms with Crippen molar-refractivity contribution in [2.45, 2.75) is 45.2 Å². The lowest BCUT2D eigenvalue weighted by atomic mass is 9.70. The van der Waals surface area contributed by atoms with Crippen LogP contribution in [0.4, 0.5) is 4.39 Å². The number of rotatable bonds is 4. The summed E-state index contributed by atoms with van der Waals surface area (Å²) < 4.78 is 13.0. The summed E-state index contributed by atoms with van der Waals surface area (Å²) in [5, 5.41) is 0. The number of hydrogen-bond donors (Lipinski definition) is 1. The maximum Gasteiger partial charge on any atom is 0.123 e. The van der Waals surface area contributed by atoms with Crippen molar-refractivity contribution < 1.29 is 4.39 Å². The third-order valence-corrected chi connectivity index (χ3v) is 4.78. The van der Waals surface area contributed by atoms with Crippen LogP contribution in [0.3, 0.4) is 0 Å². The summed E-state index contributed by atoms with van der Waals surface area (Å²) in [6.07, 6.45) is 3.61. The monoisotopic (exact) mass is 278 g/mol. The Bertz CT molecular complexity index is 419. The van der Waals surface area contributed by atoms with Crippen LogP contribution in [0.25, 0.3) is 0 Å². The SMILES string of the molecule is CC1CC(C)CC(CN)(N(C)Cc2ccc(F)cc2)C1. The minimum atomic E-state index is -0.176. The van der Waals surface area contributed by atoms with Gasteiger partial charge in [0.2, 0.25) is 0 Å². The van der Waals surface area contributed by atoms with E-state index in [4.69, 9.17) is 5.73 Å². The van der Waals surface area contributed by atoms with Gasteiger partial charge in [0.15, 0.2) is 0 Å². The quantitative estimate of drug-likeness (QED) is 0.914. The van der Waals surface area contributed by atoms with Crippen LogP contribution in [0.5, 0.6) is 0 Å². The van der Waals surface area contributed by atoms with Crippen molar-refractivity contribution in [1.82, 2.24) is 4.90 Å². The zero-order valence-electron chi connectivity index (χ0n) is 12.9. The number of nitrogens with two attached hydrogens (primary N) is 1. The molecule has 1 aromatic carbocycles. The fourth-order valence-electron chi connectivity index (χ4n) is 3.90. The molecule has 0 amide bonds. The summed E-state index contributed by atoms with van der Waals surface area (Å²) in [6.45, 7) is 6.17. The van der Waals surface area contributed by atoms with E-state index < -0.39 is 0 Å². The summed E-state index contributed by atoms with van der Waals surface area (Å²) in [7, 11) is 2.15. The molecule has 1 saturated carbocycles. The van der Waals surface area contributed by atoms with Crippen LogP contribution in [0.2, 0.25) is 0 Å². The minimum Gasteiger partial charge on any atom is -0.329 e. The molecule has 0 aliphatic heterocycles. The molecule has 0 bridgehead atoms. The standard InChI is InChI=1S/C17H27FN2/c1-13-8-14(2)10-17(9-13,12-19)20(3)11-15-4-6-16(18)7-5-15/h4-7,13-14H,8-12,19H2,1-3H3. The van der Waals surface area contributed by atoms with E-state index in [0.29, 0.717) is 6.54 Å². The van der Waals surface area contributed by atoms with Gasteiger partial charge in [-0.1, -0.05) is 26.0 Å². The molecule has 2 rings (SSSR count). The zero-order chi connectivity index (χ0) is 14.8. The fourth-order valence-corrected chi connectivity index (χ4v) is 3.90. The molecule has 2 atom stereocenters. The van der Waals surface area contributed by atoms with Gasteiger partial charge in [-0.2, -0.15) is 0 Å². The van der Waals surface area contributed by atoms with E-state index in [1.807, 2.05) is 12.1 Å². The molecular weight excluding hydrogens is 251 g/mol. The number of nitrogens with zero attached hydrogens (tertiary/aromatic N) is 1. The lowest BCUT2D eigenvalue weighted by Crippen LogP contribution is -2.55. The van der Waals surface area contributed by atoms with Crippen molar-refractivity contribution in [2.75, 3.05) is 13.6 Å². The second-order valence-electron chi connectivity index (χ2n) is 6.77. The molecule has 2 nitrogen and oxygen atoms in total. The third-order valence-electron chi connectivity index (χ3n) is 4.78. The Morgan fingerprint density at radius 1 is 1.20 bits per heavy atom. The van der Waals surface area contributed by atoms with Crippen LogP contribution in [0.15, 0.2) is 24.3 Å². The molecule has 0 saturated heterocycles. The number of benzene rings is 1. The Kier molecular flexibility index (Phi) is 4.82. The van der Waals surface area contributed by atoms with Gasteiger partial charge in [0.25, 0.3) is 0 Å². The zero-order valence-corrected chi connectivity index (χ0v) is 12.9. The van der Waals surface area contributed by atoms with Gasteiger partial charge in [0.1, 0.15) is 5.82 Å². The Hall–Kier alpha value is -0.930. The normalized spacial score (nSPS) is 30.7. The van der Waals surface area contributed by atoms with E-state index in [9.17, 15) is 4.39 Å².